The Bertz CT molecular complexity index is 637. The molecule has 0 bridgehead atoms. The van der Waals surface area contributed by atoms with Crippen LogP contribution < -0.4 is 0 Å². The van der Waals surface area contributed by atoms with Crippen molar-refractivity contribution in [1.29, 1.82) is 0 Å². The normalized spacial score (nSPS) is 26.1. The molecule has 1 aromatic rings. The average Bonchev–Trinajstić information content (AvgIpc) is 2.86. The van der Waals surface area contributed by atoms with E-state index in [4.69, 9.17) is 4.74 Å². The van der Waals surface area contributed by atoms with Gasteiger partial charge in [0.25, 0.3) is 0 Å². The Morgan fingerprint density at radius 1 is 1.36 bits per heavy atom. The van der Waals surface area contributed by atoms with E-state index < -0.39 is 0 Å². The summed E-state index contributed by atoms with van der Waals surface area (Å²) in [5.41, 5.74) is 2.28. The van der Waals surface area contributed by atoms with Gasteiger partial charge in [0, 0.05) is 6.54 Å². The number of hydrogen-bond donors (Lipinski definition) is 0. The molecule has 3 heteroatoms. The number of benzene rings is 1. The molecular weight excluding hydrogens is 310 g/mol. The highest BCUT2D eigenvalue weighted by Crippen LogP contribution is 2.42. The van der Waals surface area contributed by atoms with Gasteiger partial charge in [-0.15, -0.1) is 6.58 Å². The Morgan fingerprint density at radius 3 is 2.88 bits per heavy atom. The second-order valence-corrected chi connectivity index (χ2v) is 7.30. The van der Waals surface area contributed by atoms with Gasteiger partial charge in [-0.3, -0.25) is 4.79 Å². The van der Waals surface area contributed by atoms with Crippen molar-refractivity contribution >= 4 is 5.91 Å². The lowest BCUT2D eigenvalue weighted by molar-refractivity contribution is -0.130. The van der Waals surface area contributed by atoms with Crippen LogP contribution in [0.5, 0.6) is 0 Å². The van der Waals surface area contributed by atoms with E-state index in [0.717, 1.165) is 44.2 Å². The molecule has 1 amide bonds. The lowest BCUT2D eigenvalue weighted by Crippen LogP contribution is -2.52. The summed E-state index contributed by atoms with van der Waals surface area (Å²) in [5.74, 6) is 0.230. The number of nitrogens with zero attached hydrogens (tertiary/aromatic N) is 1. The van der Waals surface area contributed by atoms with Gasteiger partial charge in [0.05, 0.1) is 24.7 Å². The first-order valence-electron chi connectivity index (χ1n) is 9.41. The maximum Gasteiger partial charge on any atom is 0.226 e. The Balaban J connectivity index is 1.79. The van der Waals surface area contributed by atoms with Crippen molar-refractivity contribution in [2.75, 3.05) is 6.54 Å². The van der Waals surface area contributed by atoms with Crippen molar-refractivity contribution in [3.05, 3.63) is 60.2 Å². The first-order valence-corrected chi connectivity index (χ1v) is 9.41. The van der Waals surface area contributed by atoms with E-state index >= 15 is 0 Å². The minimum atomic E-state index is -0.255. The largest absolute Gasteiger partial charge is 0.370 e. The Kier molecular flexibility index (Phi) is 5.74. The predicted octanol–water partition coefficient (Wildman–Crippen LogP) is 4.64. The maximum absolute atomic E-state index is 12.8. The number of unbranched alkanes of at least 4 members (excludes halogenated alkanes) is 1. The van der Waals surface area contributed by atoms with Crippen LogP contribution in [0.1, 0.15) is 51.0 Å². The van der Waals surface area contributed by atoms with Crippen molar-refractivity contribution in [2.45, 2.75) is 63.7 Å². The van der Waals surface area contributed by atoms with E-state index in [1.54, 1.807) is 0 Å². The molecule has 1 heterocycles. The fraction of sp³-hybridized carbons (Fsp3) is 0.500. The molecule has 1 aliphatic carbocycles. The molecular formula is C22H29NO2. The minimum absolute atomic E-state index is 0.0563. The van der Waals surface area contributed by atoms with Gasteiger partial charge in [-0.1, -0.05) is 48.1 Å². The van der Waals surface area contributed by atoms with Crippen molar-refractivity contribution in [1.82, 2.24) is 4.90 Å². The standard InChI is InChI=1S/C22H29NO2/c1-3-4-8-14-23-21(24)15-20(22(23)13-9-10-18(2)16-22)25-17-19-11-6-5-7-12-19/h3,5-7,11-12,16,20H,1,4,8-10,13-15,17H2,2H3/t20-,22+/m0/s1. The molecule has 0 aromatic heterocycles. The summed E-state index contributed by atoms with van der Waals surface area (Å²) in [7, 11) is 0. The molecule has 134 valence electrons. The minimum Gasteiger partial charge on any atom is -0.370 e. The zero-order valence-corrected chi connectivity index (χ0v) is 15.2. The lowest BCUT2D eigenvalue weighted by atomic mass is 9.80. The first kappa shape index (κ1) is 17.9. The Morgan fingerprint density at radius 2 is 2.16 bits per heavy atom. The summed E-state index contributed by atoms with van der Waals surface area (Å²) < 4.78 is 6.31. The maximum atomic E-state index is 12.8. The number of rotatable bonds is 7. The molecule has 3 nitrogen and oxygen atoms in total. The van der Waals surface area contributed by atoms with Crippen LogP contribution in [0.2, 0.25) is 0 Å². The number of carbonyl (C=O) groups is 1. The molecule has 1 aromatic carbocycles. The first-order chi connectivity index (χ1) is 12.2. The summed E-state index contributed by atoms with van der Waals surface area (Å²) in [6, 6.07) is 10.2. The Labute approximate surface area is 151 Å². The quantitative estimate of drug-likeness (QED) is 0.535. The van der Waals surface area contributed by atoms with Crippen molar-refractivity contribution in [3.63, 3.8) is 0 Å². The molecule has 1 spiro atoms. The number of amides is 1. The van der Waals surface area contributed by atoms with E-state index in [1.165, 1.54) is 5.57 Å². The summed E-state index contributed by atoms with van der Waals surface area (Å²) in [4.78, 5) is 14.9. The van der Waals surface area contributed by atoms with Crippen LogP contribution >= 0.6 is 0 Å². The van der Waals surface area contributed by atoms with Gasteiger partial charge in [-0.05, 0) is 44.6 Å². The highest BCUT2D eigenvalue weighted by atomic mass is 16.5. The van der Waals surface area contributed by atoms with Crippen molar-refractivity contribution in [2.24, 2.45) is 0 Å². The number of hydrogen-bond acceptors (Lipinski definition) is 2. The fourth-order valence-electron chi connectivity index (χ4n) is 4.24. The highest BCUT2D eigenvalue weighted by molar-refractivity contribution is 5.81. The predicted molar refractivity (Wildman–Crippen MR) is 101 cm³/mol. The van der Waals surface area contributed by atoms with E-state index in [0.29, 0.717) is 13.0 Å². The number of ether oxygens (including phenoxy) is 1. The third kappa shape index (κ3) is 3.87. The van der Waals surface area contributed by atoms with Crippen molar-refractivity contribution < 1.29 is 9.53 Å². The van der Waals surface area contributed by atoms with Gasteiger partial charge < -0.3 is 9.64 Å². The third-order valence-electron chi connectivity index (χ3n) is 5.45. The van der Waals surface area contributed by atoms with Crippen molar-refractivity contribution in [3.8, 4) is 0 Å². The van der Waals surface area contributed by atoms with Crippen LogP contribution in [0, 0.1) is 0 Å². The molecule has 3 rings (SSSR count). The van der Waals surface area contributed by atoms with Gasteiger partial charge in [0.1, 0.15) is 0 Å². The summed E-state index contributed by atoms with van der Waals surface area (Å²) in [6.07, 6.45) is 9.85. The second kappa shape index (κ2) is 8.01. The molecule has 0 radical (unpaired) electrons. The zero-order valence-electron chi connectivity index (χ0n) is 15.2. The van der Waals surface area contributed by atoms with Gasteiger partial charge >= 0.3 is 0 Å². The topological polar surface area (TPSA) is 29.5 Å². The van der Waals surface area contributed by atoms with Crippen LogP contribution in [0.15, 0.2) is 54.6 Å². The van der Waals surface area contributed by atoms with Crippen LogP contribution in [-0.2, 0) is 16.1 Å². The highest BCUT2D eigenvalue weighted by Gasteiger charge is 2.52. The molecule has 1 saturated heterocycles. The molecule has 0 unspecified atom stereocenters. The van der Waals surface area contributed by atoms with E-state index in [-0.39, 0.29) is 17.6 Å². The molecule has 1 aliphatic heterocycles. The summed E-state index contributed by atoms with van der Waals surface area (Å²) >= 11 is 0. The SMILES string of the molecule is C=CCCCN1C(=O)C[C@H](OCc2ccccc2)[C@@]12C=C(C)CCC2. The van der Waals surface area contributed by atoms with E-state index in [2.05, 4.69) is 36.6 Å². The van der Waals surface area contributed by atoms with Gasteiger partial charge in [-0.2, -0.15) is 0 Å². The molecule has 0 saturated carbocycles. The van der Waals surface area contributed by atoms with Gasteiger partial charge in [0.2, 0.25) is 5.91 Å². The number of carbonyl (C=O) groups excluding carboxylic acids is 1. The molecule has 0 N–H and O–H groups in total. The lowest BCUT2D eigenvalue weighted by Gasteiger charge is -2.42. The summed E-state index contributed by atoms with van der Waals surface area (Å²) in [5, 5.41) is 0. The Hall–Kier alpha value is -1.87. The van der Waals surface area contributed by atoms with Crippen LogP contribution in [0.4, 0.5) is 0 Å². The van der Waals surface area contributed by atoms with Crippen LogP contribution in [-0.4, -0.2) is 29.0 Å². The number of likely N-dealkylation sites (tertiary alicyclic amines) is 1. The smallest absolute Gasteiger partial charge is 0.226 e. The molecule has 1 fully saturated rings. The van der Waals surface area contributed by atoms with Gasteiger partial charge in [0.15, 0.2) is 0 Å². The molecule has 2 aliphatic rings. The van der Waals surface area contributed by atoms with E-state index in [1.807, 2.05) is 24.3 Å². The number of allylic oxidation sites excluding steroid dienone is 2. The fourth-order valence-corrected chi connectivity index (χ4v) is 4.24. The van der Waals surface area contributed by atoms with E-state index in [9.17, 15) is 4.79 Å². The summed E-state index contributed by atoms with van der Waals surface area (Å²) in [6.45, 7) is 7.33. The third-order valence-corrected chi connectivity index (χ3v) is 5.45. The van der Waals surface area contributed by atoms with Crippen LogP contribution in [0.25, 0.3) is 0 Å². The monoisotopic (exact) mass is 339 g/mol. The average molecular weight is 339 g/mol. The van der Waals surface area contributed by atoms with Crippen LogP contribution in [0.3, 0.4) is 0 Å². The van der Waals surface area contributed by atoms with Gasteiger partial charge in [-0.25, -0.2) is 0 Å². The zero-order chi connectivity index (χ0) is 17.7. The second-order valence-electron chi connectivity index (χ2n) is 7.30. The molecule has 2 atom stereocenters. The molecule has 25 heavy (non-hydrogen) atoms.